The minimum atomic E-state index is 0.961. The lowest BCUT2D eigenvalue weighted by Crippen LogP contribution is -2.11. The standard InChI is InChI=1S/C17H22N2/c1-18(2)13-15-8-5-6-11-17(15)14-9-7-10-16(12-14)19(3)4/h5-12H,13H2,1-4H3. The third-order valence-electron chi connectivity index (χ3n) is 3.18. The maximum atomic E-state index is 2.24. The Morgan fingerprint density at radius 2 is 1.58 bits per heavy atom. The lowest BCUT2D eigenvalue weighted by atomic mass is 9.99. The van der Waals surface area contributed by atoms with E-state index in [0.29, 0.717) is 0 Å². The number of hydrogen-bond donors (Lipinski definition) is 0. The van der Waals surface area contributed by atoms with Crippen molar-refractivity contribution in [2.24, 2.45) is 0 Å². The van der Waals surface area contributed by atoms with E-state index in [-0.39, 0.29) is 0 Å². The summed E-state index contributed by atoms with van der Waals surface area (Å²) in [7, 11) is 8.36. The molecule has 0 aliphatic rings. The second-order valence-electron chi connectivity index (χ2n) is 5.34. The summed E-state index contributed by atoms with van der Waals surface area (Å²) >= 11 is 0. The molecule has 0 fully saturated rings. The van der Waals surface area contributed by atoms with Crippen molar-refractivity contribution >= 4 is 5.69 Å². The van der Waals surface area contributed by atoms with Gasteiger partial charge >= 0.3 is 0 Å². The van der Waals surface area contributed by atoms with Crippen LogP contribution in [0, 0.1) is 0 Å². The SMILES string of the molecule is CN(C)Cc1ccccc1-c1cccc(N(C)C)c1. The fourth-order valence-electron chi connectivity index (χ4n) is 2.23. The van der Waals surface area contributed by atoms with Crippen LogP contribution >= 0.6 is 0 Å². The summed E-state index contributed by atoms with van der Waals surface area (Å²) in [5.74, 6) is 0. The van der Waals surface area contributed by atoms with Gasteiger partial charge in [0.1, 0.15) is 0 Å². The predicted octanol–water partition coefficient (Wildman–Crippen LogP) is 3.48. The van der Waals surface area contributed by atoms with E-state index in [0.717, 1.165) is 6.54 Å². The molecule has 19 heavy (non-hydrogen) atoms. The largest absolute Gasteiger partial charge is 0.378 e. The summed E-state index contributed by atoms with van der Waals surface area (Å²) < 4.78 is 0. The molecule has 0 aromatic heterocycles. The first-order valence-electron chi connectivity index (χ1n) is 6.58. The molecule has 0 bridgehead atoms. The summed E-state index contributed by atoms with van der Waals surface area (Å²) in [5, 5.41) is 0. The Hall–Kier alpha value is -1.80. The van der Waals surface area contributed by atoms with E-state index >= 15 is 0 Å². The van der Waals surface area contributed by atoms with Crippen LogP contribution in [-0.4, -0.2) is 33.1 Å². The Morgan fingerprint density at radius 3 is 2.26 bits per heavy atom. The van der Waals surface area contributed by atoms with Gasteiger partial charge in [0.2, 0.25) is 0 Å². The minimum absolute atomic E-state index is 0.961. The van der Waals surface area contributed by atoms with E-state index in [1.165, 1.54) is 22.4 Å². The number of anilines is 1. The highest BCUT2D eigenvalue weighted by Gasteiger charge is 2.06. The zero-order valence-electron chi connectivity index (χ0n) is 12.2. The normalized spacial score (nSPS) is 10.8. The fraction of sp³-hybridized carbons (Fsp3) is 0.294. The summed E-state index contributed by atoms with van der Waals surface area (Å²) in [6.45, 7) is 0.961. The van der Waals surface area contributed by atoms with Crippen molar-refractivity contribution < 1.29 is 0 Å². The van der Waals surface area contributed by atoms with Gasteiger partial charge in [0.05, 0.1) is 0 Å². The molecule has 2 aromatic rings. The first kappa shape index (κ1) is 13.6. The second kappa shape index (κ2) is 5.89. The number of rotatable bonds is 4. The van der Waals surface area contributed by atoms with Gasteiger partial charge in [-0.05, 0) is 42.9 Å². The molecule has 2 aromatic carbocycles. The van der Waals surface area contributed by atoms with E-state index in [9.17, 15) is 0 Å². The van der Waals surface area contributed by atoms with E-state index in [2.05, 4.69) is 86.5 Å². The molecule has 0 amide bonds. The summed E-state index contributed by atoms with van der Waals surface area (Å²) in [4.78, 5) is 4.34. The van der Waals surface area contributed by atoms with Crippen LogP contribution in [0.5, 0.6) is 0 Å². The Morgan fingerprint density at radius 1 is 0.842 bits per heavy atom. The van der Waals surface area contributed by atoms with Crippen LogP contribution in [0.15, 0.2) is 48.5 Å². The molecule has 0 saturated carbocycles. The highest BCUT2D eigenvalue weighted by molar-refractivity contribution is 5.71. The number of hydrogen-bond acceptors (Lipinski definition) is 2. The number of benzene rings is 2. The van der Waals surface area contributed by atoms with Crippen LogP contribution in [0.3, 0.4) is 0 Å². The summed E-state index contributed by atoms with van der Waals surface area (Å²) in [5.41, 5.74) is 5.20. The van der Waals surface area contributed by atoms with Crippen molar-refractivity contribution in [3.8, 4) is 11.1 Å². The average molecular weight is 254 g/mol. The molecule has 0 radical (unpaired) electrons. The Bertz CT molecular complexity index is 544. The first-order chi connectivity index (χ1) is 9.08. The van der Waals surface area contributed by atoms with Crippen molar-refractivity contribution in [3.63, 3.8) is 0 Å². The molecule has 100 valence electrons. The maximum absolute atomic E-state index is 2.24. The quantitative estimate of drug-likeness (QED) is 0.824. The lowest BCUT2D eigenvalue weighted by Gasteiger charge is -2.17. The van der Waals surface area contributed by atoms with Gasteiger partial charge in [-0.2, -0.15) is 0 Å². The molecular formula is C17H22N2. The van der Waals surface area contributed by atoms with Crippen molar-refractivity contribution in [3.05, 3.63) is 54.1 Å². The summed E-state index contributed by atoms with van der Waals surface area (Å²) in [6, 6.07) is 17.3. The second-order valence-corrected chi connectivity index (χ2v) is 5.34. The van der Waals surface area contributed by atoms with Crippen LogP contribution in [0.2, 0.25) is 0 Å². The monoisotopic (exact) mass is 254 g/mol. The first-order valence-corrected chi connectivity index (χ1v) is 6.58. The van der Waals surface area contributed by atoms with Crippen LogP contribution in [0.4, 0.5) is 5.69 Å². The van der Waals surface area contributed by atoms with Gasteiger partial charge in [0.25, 0.3) is 0 Å². The van der Waals surface area contributed by atoms with Crippen LogP contribution in [-0.2, 0) is 6.54 Å². The molecular weight excluding hydrogens is 232 g/mol. The molecule has 2 rings (SSSR count). The van der Waals surface area contributed by atoms with Crippen LogP contribution < -0.4 is 4.90 Å². The molecule has 0 N–H and O–H groups in total. The van der Waals surface area contributed by atoms with Gasteiger partial charge in [-0.15, -0.1) is 0 Å². The zero-order chi connectivity index (χ0) is 13.8. The van der Waals surface area contributed by atoms with E-state index < -0.39 is 0 Å². The van der Waals surface area contributed by atoms with Crippen LogP contribution in [0.1, 0.15) is 5.56 Å². The Balaban J connectivity index is 2.43. The minimum Gasteiger partial charge on any atom is -0.378 e. The van der Waals surface area contributed by atoms with E-state index in [4.69, 9.17) is 0 Å². The van der Waals surface area contributed by atoms with Gasteiger partial charge in [0, 0.05) is 26.3 Å². The van der Waals surface area contributed by atoms with Gasteiger partial charge in [-0.1, -0.05) is 36.4 Å². The van der Waals surface area contributed by atoms with Gasteiger partial charge in [0.15, 0.2) is 0 Å². The molecule has 0 unspecified atom stereocenters. The van der Waals surface area contributed by atoms with Gasteiger partial charge < -0.3 is 9.80 Å². The molecule has 0 aliphatic heterocycles. The molecule has 0 spiro atoms. The highest BCUT2D eigenvalue weighted by Crippen LogP contribution is 2.27. The summed E-state index contributed by atoms with van der Waals surface area (Å²) in [6.07, 6.45) is 0. The molecule has 2 heteroatoms. The average Bonchev–Trinajstić information content (AvgIpc) is 2.39. The van der Waals surface area contributed by atoms with Crippen molar-refractivity contribution in [1.29, 1.82) is 0 Å². The van der Waals surface area contributed by atoms with Crippen molar-refractivity contribution in [2.45, 2.75) is 6.54 Å². The molecule has 0 atom stereocenters. The van der Waals surface area contributed by atoms with Crippen molar-refractivity contribution in [2.75, 3.05) is 33.1 Å². The molecule has 2 nitrogen and oxygen atoms in total. The molecule has 0 aliphatic carbocycles. The topological polar surface area (TPSA) is 6.48 Å². The third kappa shape index (κ3) is 3.36. The van der Waals surface area contributed by atoms with Gasteiger partial charge in [-0.3, -0.25) is 0 Å². The van der Waals surface area contributed by atoms with Crippen molar-refractivity contribution in [1.82, 2.24) is 4.90 Å². The molecule has 0 saturated heterocycles. The number of nitrogens with zero attached hydrogens (tertiary/aromatic N) is 2. The van der Waals surface area contributed by atoms with E-state index in [1.54, 1.807) is 0 Å². The third-order valence-corrected chi connectivity index (χ3v) is 3.18. The highest BCUT2D eigenvalue weighted by atomic mass is 15.1. The van der Waals surface area contributed by atoms with Crippen LogP contribution in [0.25, 0.3) is 11.1 Å². The predicted molar refractivity (Wildman–Crippen MR) is 83.6 cm³/mol. The maximum Gasteiger partial charge on any atom is 0.0367 e. The van der Waals surface area contributed by atoms with E-state index in [1.807, 2.05) is 0 Å². The smallest absolute Gasteiger partial charge is 0.0367 e. The Labute approximate surface area is 116 Å². The Kier molecular flexibility index (Phi) is 4.23. The molecule has 0 heterocycles. The van der Waals surface area contributed by atoms with Gasteiger partial charge in [-0.25, -0.2) is 0 Å². The lowest BCUT2D eigenvalue weighted by molar-refractivity contribution is 0.403. The fourth-order valence-corrected chi connectivity index (χ4v) is 2.23. The zero-order valence-corrected chi connectivity index (χ0v) is 12.2.